The van der Waals surface area contributed by atoms with Crippen LogP contribution in [-0.4, -0.2) is 10.8 Å². The first-order valence-electron chi connectivity index (χ1n) is 3.51. The maximum Gasteiger partial charge on any atom is 0.263 e. The molecule has 0 bridgehead atoms. The van der Waals surface area contributed by atoms with E-state index in [1.165, 1.54) is 6.92 Å². The lowest BCUT2D eigenvalue weighted by atomic mass is 10.5. The van der Waals surface area contributed by atoms with E-state index in [1.54, 1.807) is 0 Å². The number of carbonyl (C=O) groups is 1. The van der Waals surface area contributed by atoms with Crippen molar-refractivity contribution in [3.05, 3.63) is 17.8 Å². The molecule has 7 nitrogen and oxygen atoms in total. The highest BCUT2D eigenvalue weighted by atomic mass is 31.2. The van der Waals surface area contributed by atoms with E-state index < -0.39 is 20.2 Å². The molecule has 0 aliphatic heterocycles. The third-order valence-corrected chi connectivity index (χ3v) is 1.66. The lowest BCUT2D eigenvalue weighted by Gasteiger charge is -2.27. The van der Waals surface area contributed by atoms with Crippen LogP contribution in [0.5, 0.6) is 0 Å². The van der Waals surface area contributed by atoms with Crippen molar-refractivity contribution in [3.63, 3.8) is 0 Å². The SMILES string of the molecule is CC(=O)c1ncc(COP(=O)([O-])[O-])o1. The van der Waals surface area contributed by atoms with Crippen molar-refractivity contribution in [1.82, 2.24) is 4.98 Å². The minimum atomic E-state index is -5.02. The van der Waals surface area contributed by atoms with Crippen molar-refractivity contribution in [2.75, 3.05) is 0 Å². The van der Waals surface area contributed by atoms with Crippen LogP contribution in [0.3, 0.4) is 0 Å². The van der Waals surface area contributed by atoms with Crippen LogP contribution in [0.25, 0.3) is 0 Å². The Morgan fingerprint density at radius 1 is 1.71 bits per heavy atom. The van der Waals surface area contributed by atoms with E-state index in [4.69, 9.17) is 4.42 Å². The third-order valence-electron chi connectivity index (χ3n) is 1.22. The summed E-state index contributed by atoms with van der Waals surface area (Å²) in [5.41, 5.74) is 0. The molecule has 0 N–H and O–H groups in total. The van der Waals surface area contributed by atoms with E-state index in [0.717, 1.165) is 6.20 Å². The maximum atomic E-state index is 10.7. The number of ketones is 1. The van der Waals surface area contributed by atoms with Gasteiger partial charge in [0, 0.05) is 6.92 Å². The van der Waals surface area contributed by atoms with Crippen LogP contribution in [-0.2, 0) is 15.7 Å². The largest absolute Gasteiger partial charge is 0.790 e. The molecule has 1 aromatic rings. The first-order valence-corrected chi connectivity index (χ1v) is 4.97. The van der Waals surface area contributed by atoms with Crippen LogP contribution < -0.4 is 9.79 Å². The predicted octanol–water partition coefficient (Wildman–Crippen LogP) is -0.778. The second-order valence-corrected chi connectivity index (χ2v) is 3.56. The molecule has 1 aromatic heterocycles. The number of phosphoric acid groups is 1. The lowest BCUT2D eigenvalue weighted by molar-refractivity contribution is -0.343. The van der Waals surface area contributed by atoms with Gasteiger partial charge < -0.3 is 23.3 Å². The zero-order chi connectivity index (χ0) is 10.8. The molecule has 0 aliphatic carbocycles. The molecule has 0 amide bonds. The molecule has 14 heavy (non-hydrogen) atoms. The summed E-state index contributed by atoms with van der Waals surface area (Å²) in [5.74, 6) is -0.555. The zero-order valence-electron chi connectivity index (χ0n) is 7.13. The smallest absolute Gasteiger partial charge is 0.263 e. The minimum Gasteiger partial charge on any atom is -0.790 e. The molecular formula is C6H6NO6P-2. The molecular weight excluding hydrogens is 213 g/mol. The molecule has 0 saturated carbocycles. The average Bonchev–Trinajstić information content (AvgIpc) is 2.47. The highest BCUT2D eigenvalue weighted by molar-refractivity contribution is 7.43. The molecule has 0 aliphatic rings. The summed E-state index contributed by atoms with van der Waals surface area (Å²) in [5, 5.41) is 0. The molecule has 1 rings (SSSR count). The van der Waals surface area contributed by atoms with Gasteiger partial charge in [0.2, 0.25) is 5.78 Å². The summed E-state index contributed by atoms with van der Waals surface area (Å²) in [6.45, 7) is 0.688. The Bertz CT molecular complexity index is 379. The molecule has 0 spiro atoms. The number of carbonyl (C=O) groups excluding carboxylic acids is 1. The van der Waals surface area contributed by atoms with E-state index >= 15 is 0 Å². The summed E-state index contributed by atoms with van der Waals surface area (Å²) in [6, 6.07) is 0. The Labute approximate surface area is 79.0 Å². The normalized spacial score (nSPS) is 11.6. The summed E-state index contributed by atoms with van der Waals surface area (Å²) >= 11 is 0. The van der Waals surface area contributed by atoms with Gasteiger partial charge in [0.15, 0.2) is 5.76 Å². The summed E-state index contributed by atoms with van der Waals surface area (Å²) < 4.78 is 18.7. The molecule has 0 aromatic carbocycles. The van der Waals surface area contributed by atoms with Crippen LogP contribution >= 0.6 is 7.82 Å². The van der Waals surface area contributed by atoms with E-state index in [2.05, 4.69) is 9.51 Å². The van der Waals surface area contributed by atoms with Crippen molar-refractivity contribution >= 4 is 13.6 Å². The summed E-state index contributed by atoms with van der Waals surface area (Å²) in [6.07, 6.45) is 1.12. The molecule has 0 radical (unpaired) electrons. The first kappa shape index (κ1) is 11.1. The van der Waals surface area contributed by atoms with E-state index in [1.807, 2.05) is 0 Å². The van der Waals surface area contributed by atoms with Crippen molar-refractivity contribution < 1.29 is 28.1 Å². The van der Waals surface area contributed by atoms with Gasteiger partial charge in [-0.3, -0.25) is 4.79 Å². The number of Topliss-reactive ketones (excluding diaryl/α,β-unsaturated/α-hetero) is 1. The van der Waals surface area contributed by atoms with Gasteiger partial charge in [-0.1, -0.05) is 0 Å². The molecule has 0 fully saturated rings. The van der Waals surface area contributed by atoms with E-state index in [9.17, 15) is 19.1 Å². The fourth-order valence-electron chi connectivity index (χ4n) is 0.680. The van der Waals surface area contributed by atoms with Gasteiger partial charge in [0.1, 0.15) is 6.61 Å². The van der Waals surface area contributed by atoms with Crippen molar-refractivity contribution in [2.45, 2.75) is 13.5 Å². The molecule has 0 saturated heterocycles. The van der Waals surface area contributed by atoms with E-state index in [0.29, 0.717) is 0 Å². The fourth-order valence-corrected chi connectivity index (χ4v) is 0.965. The summed E-state index contributed by atoms with van der Waals surface area (Å²) in [4.78, 5) is 34.3. The molecule has 8 heteroatoms. The van der Waals surface area contributed by atoms with Crippen LogP contribution in [0.15, 0.2) is 10.6 Å². The minimum absolute atomic E-state index is 0.00197. The molecule has 78 valence electrons. The van der Waals surface area contributed by atoms with Gasteiger partial charge in [-0.25, -0.2) is 4.98 Å². The quantitative estimate of drug-likeness (QED) is 0.481. The second kappa shape index (κ2) is 4.02. The predicted molar refractivity (Wildman–Crippen MR) is 38.9 cm³/mol. The Morgan fingerprint density at radius 3 is 2.79 bits per heavy atom. The van der Waals surface area contributed by atoms with Gasteiger partial charge in [-0.2, -0.15) is 0 Å². The highest BCUT2D eigenvalue weighted by Gasteiger charge is 2.08. The van der Waals surface area contributed by atoms with Crippen LogP contribution in [0.4, 0.5) is 0 Å². The zero-order valence-corrected chi connectivity index (χ0v) is 8.02. The number of phosphoric ester groups is 1. The van der Waals surface area contributed by atoms with Crippen molar-refractivity contribution in [1.29, 1.82) is 0 Å². The Balaban J connectivity index is 2.61. The number of rotatable bonds is 4. The van der Waals surface area contributed by atoms with Gasteiger partial charge in [-0.05, 0) is 0 Å². The standard InChI is InChI=1S/C6H8NO6P/c1-4(8)6-7-2-5(13-6)3-12-14(9,10)11/h2H,3H2,1H3,(H2,9,10,11)/p-2. The molecule has 1 heterocycles. The number of nitrogens with zero attached hydrogens (tertiary/aromatic N) is 1. The van der Waals surface area contributed by atoms with E-state index in [-0.39, 0.29) is 11.7 Å². The Morgan fingerprint density at radius 2 is 2.36 bits per heavy atom. The van der Waals surface area contributed by atoms with Crippen LogP contribution in [0, 0.1) is 0 Å². The maximum absolute atomic E-state index is 10.7. The molecule has 0 unspecified atom stereocenters. The van der Waals surface area contributed by atoms with Crippen LogP contribution in [0.2, 0.25) is 0 Å². The third kappa shape index (κ3) is 3.39. The van der Waals surface area contributed by atoms with Gasteiger partial charge in [-0.15, -0.1) is 0 Å². The van der Waals surface area contributed by atoms with Gasteiger partial charge in [0.25, 0.3) is 5.89 Å². The van der Waals surface area contributed by atoms with Gasteiger partial charge >= 0.3 is 0 Å². The highest BCUT2D eigenvalue weighted by Crippen LogP contribution is 2.26. The van der Waals surface area contributed by atoms with Crippen LogP contribution in [0.1, 0.15) is 23.4 Å². The van der Waals surface area contributed by atoms with Gasteiger partial charge in [0.05, 0.1) is 14.0 Å². The Hall–Kier alpha value is -1.01. The number of aromatic nitrogens is 1. The van der Waals surface area contributed by atoms with Crippen molar-refractivity contribution in [3.8, 4) is 0 Å². The second-order valence-electron chi connectivity index (χ2n) is 2.41. The molecule has 0 atom stereocenters. The summed E-state index contributed by atoms with van der Waals surface area (Å²) in [7, 11) is -5.02. The number of hydrogen-bond acceptors (Lipinski definition) is 7. The number of oxazole rings is 1. The number of hydrogen-bond donors (Lipinski definition) is 0. The Kier molecular flexibility index (Phi) is 3.17. The average molecular weight is 219 g/mol. The monoisotopic (exact) mass is 219 g/mol. The first-order chi connectivity index (χ1) is 6.38. The topological polar surface area (TPSA) is 116 Å². The van der Waals surface area contributed by atoms with Crippen molar-refractivity contribution in [2.24, 2.45) is 0 Å². The lowest BCUT2D eigenvalue weighted by Crippen LogP contribution is -2.15. The fraction of sp³-hybridized carbons (Fsp3) is 0.333.